The lowest BCUT2D eigenvalue weighted by atomic mass is 9.67. The lowest BCUT2D eigenvalue weighted by molar-refractivity contribution is 0.277. The predicted octanol–water partition coefficient (Wildman–Crippen LogP) is 3.93. The number of fused-ring (bicyclic) bond motifs is 3. The smallest absolute Gasteiger partial charge is 0.0472 e. The quantitative estimate of drug-likeness (QED) is 0.853. The van der Waals surface area contributed by atoms with Gasteiger partial charge in [0.1, 0.15) is 0 Å². The van der Waals surface area contributed by atoms with E-state index in [-0.39, 0.29) is 0 Å². The molecule has 0 aromatic heterocycles. The van der Waals surface area contributed by atoms with E-state index in [1.165, 1.54) is 29.5 Å². The summed E-state index contributed by atoms with van der Waals surface area (Å²) in [5.74, 6) is 0.662. The van der Waals surface area contributed by atoms with Crippen LogP contribution in [0.5, 0.6) is 0 Å². The maximum absolute atomic E-state index is 6.62. The van der Waals surface area contributed by atoms with Crippen molar-refractivity contribution in [3.05, 3.63) is 33.8 Å². The lowest BCUT2D eigenvalue weighted by Gasteiger charge is -2.37. The van der Waals surface area contributed by atoms with E-state index in [1.54, 1.807) is 0 Å². The van der Waals surface area contributed by atoms with Gasteiger partial charge in [0.15, 0.2) is 0 Å². The first-order valence-corrected chi connectivity index (χ1v) is 7.54. The van der Waals surface area contributed by atoms with Gasteiger partial charge in [-0.3, -0.25) is 0 Å². The standard InChI is InChI=1S/C16H22ClN/c1-3-4-11-5-6-12-13(15(11)17)7-8-16(2)10-18-9-14(12)16/h5-6,14,18H,3-4,7-10H2,1-2H3/t14-,16-/m0/s1. The molecule has 1 aromatic carbocycles. The van der Waals surface area contributed by atoms with Crippen LogP contribution in [0, 0.1) is 5.41 Å². The van der Waals surface area contributed by atoms with Gasteiger partial charge in [0.2, 0.25) is 0 Å². The molecule has 3 rings (SSSR count). The van der Waals surface area contributed by atoms with Gasteiger partial charge in [-0.1, -0.05) is 44.0 Å². The lowest BCUT2D eigenvalue weighted by Crippen LogP contribution is -2.30. The Morgan fingerprint density at radius 2 is 2.28 bits per heavy atom. The molecule has 2 heteroatoms. The Balaban J connectivity index is 2.04. The zero-order valence-electron chi connectivity index (χ0n) is 11.4. The van der Waals surface area contributed by atoms with Gasteiger partial charge in [-0.05, 0) is 41.4 Å². The van der Waals surface area contributed by atoms with Crippen LogP contribution in [0.25, 0.3) is 0 Å². The van der Waals surface area contributed by atoms with Gasteiger partial charge < -0.3 is 5.32 Å². The molecule has 2 atom stereocenters. The highest BCUT2D eigenvalue weighted by atomic mass is 35.5. The van der Waals surface area contributed by atoms with E-state index in [2.05, 4.69) is 31.3 Å². The fourth-order valence-electron chi connectivity index (χ4n) is 3.76. The summed E-state index contributed by atoms with van der Waals surface area (Å²) in [7, 11) is 0. The molecule has 18 heavy (non-hydrogen) atoms. The second-order valence-electron chi connectivity index (χ2n) is 6.19. The van der Waals surface area contributed by atoms with Crippen LogP contribution in [-0.4, -0.2) is 13.1 Å². The van der Waals surface area contributed by atoms with Crippen molar-refractivity contribution in [2.24, 2.45) is 5.41 Å². The van der Waals surface area contributed by atoms with E-state index >= 15 is 0 Å². The number of aryl methyl sites for hydroxylation is 1. The Bertz CT molecular complexity index is 468. The molecule has 1 aliphatic heterocycles. The van der Waals surface area contributed by atoms with Crippen LogP contribution in [-0.2, 0) is 12.8 Å². The van der Waals surface area contributed by atoms with Gasteiger partial charge in [0, 0.05) is 24.0 Å². The molecule has 0 saturated carbocycles. The average Bonchev–Trinajstić information content (AvgIpc) is 2.75. The third kappa shape index (κ3) is 1.80. The Labute approximate surface area is 115 Å². The van der Waals surface area contributed by atoms with Crippen molar-refractivity contribution in [2.75, 3.05) is 13.1 Å². The molecule has 2 aliphatic rings. The zero-order chi connectivity index (χ0) is 12.8. The van der Waals surface area contributed by atoms with Crippen LogP contribution in [0.4, 0.5) is 0 Å². The number of halogens is 1. The molecular formula is C16H22ClN. The highest BCUT2D eigenvalue weighted by Gasteiger charge is 2.43. The SMILES string of the molecule is CCCc1ccc2c(c1Cl)CC[C@@]1(C)CNC[C@@H]21. The van der Waals surface area contributed by atoms with Gasteiger partial charge in [0.25, 0.3) is 0 Å². The first-order valence-electron chi connectivity index (χ1n) is 7.16. The summed E-state index contributed by atoms with van der Waals surface area (Å²) >= 11 is 6.62. The van der Waals surface area contributed by atoms with Crippen LogP contribution in [0.3, 0.4) is 0 Å². The minimum absolute atomic E-state index is 0.447. The van der Waals surface area contributed by atoms with E-state index in [0.29, 0.717) is 11.3 Å². The molecule has 1 saturated heterocycles. The van der Waals surface area contributed by atoms with Crippen LogP contribution in [0.15, 0.2) is 12.1 Å². The van der Waals surface area contributed by atoms with Crippen molar-refractivity contribution >= 4 is 11.6 Å². The molecule has 1 nitrogen and oxygen atoms in total. The molecule has 98 valence electrons. The first-order chi connectivity index (χ1) is 8.65. The predicted molar refractivity (Wildman–Crippen MR) is 77.5 cm³/mol. The normalized spacial score (nSPS) is 30.1. The molecule has 1 heterocycles. The van der Waals surface area contributed by atoms with Crippen LogP contribution in [0.2, 0.25) is 5.02 Å². The number of nitrogens with one attached hydrogen (secondary N) is 1. The molecule has 0 radical (unpaired) electrons. The Morgan fingerprint density at radius 1 is 1.44 bits per heavy atom. The molecule has 0 amide bonds. The van der Waals surface area contributed by atoms with E-state index in [0.717, 1.165) is 31.0 Å². The fourth-order valence-corrected chi connectivity index (χ4v) is 4.12. The topological polar surface area (TPSA) is 12.0 Å². The van der Waals surface area contributed by atoms with Crippen molar-refractivity contribution < 1.29 is 0 Å². The summed E-state index contributed by atoms with van der Waals surface area (Å²) in [4.78, 5) is 0. The van der Waals surface area contributed by atoms with Gasteiger partial charge in [-0.25, -0.2) is 0 Å². The van der Waals surface area contributed by atoms with Gasteiger partial charge >= 0.3 is 0 Å². The second-order valence-corrected chi connectivity index (χ2v) is 6.57. The highest BCUT2D eigenvalue weighted by molar-refractivity contribution is 6.32. The molecule has 0 unspecified atom stereocenters. The molecule has 0 bridgehead atoms. The van der Waals surface area contributed by atoms with E-state index < -0.39 is 0 Å². The third-order valence-corrected chi connectivity index (χ3v) is 5.39. The van der Waals surface area contributed by atoms with Gasteiger partial charge in [-0.15, -0.1) is 0 Å². The van der Waals surface area contributed by atoms with Crippen molar-refractivity contribution in [1.82, 2.24) is 5.32 Å². The van der Waals surface area contributed by atoms with Crippen LogP contribution < -0.4 is 5.32 Å². The van der Waals surface area contributed by atoms with E-state index in [4.69, 9.17) is 11.6 Å². The summed E-state index contributed by atoms with van der Waals surface area (Å²) in [6, 6.07) is 4.61. The van der Waals surface area contributed by atoms with Crippen molar-refractivity contribution in [1.29, 1.82) is 0 Å². The van der Waals surface area contributed by atoms with Crippen LogP contribution in [0.1, 0.15) is 49.3 Å². The van der Waals surface area contributed by atoms with Gasteiger partial charge in [-0.2, -0.15) is 0 Å². The van der Waals surface area contributed by atoms with Gasteiger partial charge in [0.05, 0.1) is 0 Å². The second kappa shape index (κ2) is 4.54. The largest absolute Gasteiger partial charge is 0.316 e. The third-order valence-electron chi connectivity index (χ3n) is 4.92. The summed E-state index contributed by atoms with van der Waals surface area (Å²) in [6.45, 7) is 6.92. The Hall–Kier alpha value is -0.530. The van der Waals surface area contributed by atoms with E-state index in [9.17, 15) is 0 Å². The fraction of sp³-hybridized carbons (Fsp3) is 0.625. The number of benzene rings is 1. The maximum atomic E-state index is 6.62. The summed E-state index contributed by atoms with van der Waals surface area (Å²) in [5.41, 5.74) is 4.74. The molecule has 0 spiro atoms. The summed E-state index contributed by atoms with van der Waals surface area (Å²) < 4.78 is 0. The Kier molecular flexibility index (Phi) is 3.15. The monoisotopic (exact) mass is 263 g/mol. The molecule has 1 fully saturated rings. The molecule has 1 N–H and O–H groups in total. The Morgan fingerprint density at radius 3 is 3.06 bits per heavy atom. The summed E-state index contributed by atoms with van der Waals surface area (Å²) in [6.07, 6.45) is 4.70. The number of hydrogen-bond donors (Lipinski definition) is 1. The first kappa shape index (κ1) is 12.5. The molecule has 1 aliphatic carbocycles. The highest BCUT2D eigenvalue weighted by Crippen LogP contribution is 2.49. The van der Waals surface area contributed by atoms with Crippen molar-refractivity contribution in [3.63, 3.8) is 0 Å². The van der Waals surface area contributed by atoms with E-state index in [1.807, 2.05) is 0 Å². The number of rotatable bonds is 2. The minimum atomic E-state index is 0.447. The molecular weight excluding hydrogens is 242 g/mol. The van der Waals surface area contributed by atoms with Crippen molar-refractivity contribution in [3.8, 4) is 0 Å². The number of hydrogen-bond acceptors (Lipinski definition) is 1. The maximum Gasteiger partial charge on any atom is 0.0472 e. The zero-order valence-corrected chi connectivity index (χ0v) is 12.1. The average molecular weight is 264 g/mol. The molecule has 1 aromatic rings. The summed E-state index contributed by atoms with van der Waals surface area (Å²) in [5, 5.41) is 4.62. The minimum Gasteiger partial charge on any atom is -0.316 e. The van der Waals surface area contributed by atoms with Crippen molar-refractivity contribution in [2.45, 2.75) is 45.4 Å². The van der Waals surface area contributed by atoms with Crippen LogP contribution >= 0.6 is 11.6 Å².